The molecule has 18 N–H and O–H groups in total. The van der Waals surface area contributed by atoms with Crippen LogP contribution in [-0.2, 0) is 36.5 Å². The second-order valence-corrected chi connectivity index (χ2v) is 21.8. The van der Waals surface area contributed by atoms with Crippen molar-refractivity contribution in [2.75, 3.05) is 62.5 Å². The molecule has 0 fully saturated rings. The van der Waals surface area contributed by atoms with Crippen molar-refractivity contribution in [1.29, 1.82) is 0 Å². The second-order valence-electron chi connectivity index (χ2n) is 7.55. The van der Waals surface area contributed by atoms with Crippen LogP contribution >= 0.6 is 60.8 Å². The third kappa shape index (κ3) is 84.3. The van der Waals surface area contributed by atoms with Gasteiger partial charge in [-0.2, -0.15) is 0 Å². The number of rotatable bonds is 13. The van der Waals surface area contributed by atoms with Gasteiger partial charge in [-0.25, -0.2) is 0 Å². The molecular formula is C10H38O26P8. The van der Waals surface area contributed by atoms with Gasteiger partial charge in [-0.15, -0.1) is 0 Å². The maximum Gasteiger partial charge on any atom is 0.326 e. The van der Waals surface area contributed by atoms with Crippen LogP contribution < -0.4 is 0 Å². The highest BCUT2D eigenvalue weighted by atomic mass is 31.2. The lowest BCUT2D eigenvalue weighted by Crippen LogP contribution is -1.95. The normalized spacial score (nSPS) is 13.0. The molecule has 0 aliphatic carbocycles. The van der Waals surface area contributed by atoms with Crippen LogP contribution in [-0.4, -0.2) is 151 Å². The van der Waals surface area contributed by atoms with Crippen molar-refractivity contribution in [3.63, 3.8) is 0 Å². The first-order chi connectivity index (χ1) is 18.7. The number of aliphatic hydroxyl groups excluding tert-OH is 2. The lowest BCUT2D eigenvalue weighted by atomic mass is 10.8. The minimum atomic E-state index is -4.25. The average Bonchev–Trinajstić information content (AvgIpc) is 2.72. The zero-order valence-electron chi connectivity index (χ0n) is 22.0. The Balaban J connectivity index is -0.000000147. The fourth-order valence-electron chi connectivity index (χ4n) is 1.04. The van der Waals surface area contributed by atoms with Crippen LogP contribution in [0.15, 0.2) is 0 Å². The van der Waals surface area contributed by atoms with Gasteiger partial charge in [0.15, 0.2) is 0 Å². The summed E-state index contributed by atoms with van der Waals surface area (Å²) in [6.07, 6.45) is -6.13. The Morgan fingerprint density at radius 1 is 0.227 bits per heavy atom. The Morgan fingerprint density at radius 2 is 0.295 bits per heavy atom. The molecule has 0 spiro atoms. The van der Waals surface area contributed by atoms with Crippen molar-refractivity contribution in [2.45, 2.75) is 0 Å². The second kappa shape index (κ2) is 23.5. The maximum atomic E-state index is 10.0. The highest BCUT2D eigenvalue weighted by molar-refractivity contribution is 7.57. The number of hydrogen-bond acceptors (Lipinski definition) is 10. The molecular weight excluding hydrogens is 784 g/mol. The molecule has 0 aliphatic rings. The summed E-state index contributed by atoms with van der Waals surface area (Å²) in [6, 6.07) is 0. The first-order valence-electron chi connectivity index (χ1n) is 10.3. The van der Waals surface area contributed by atoms with Crippen LogP contribution in [0, 0.1) is 0 Å². The van der Waals surface area contributed by atoms with E-state index in [1.54, 1.807) is 0 Å². The summed E-state index contributed by atoms with van der Waals surface area (Å²) in [6.45, 7) is -0.250. The third-order valence-corrected chi connectivity index (χ3v) is 10.7. The van der Waals surface area contributed by atoms with Gasteiger partial charge in [0.2, 0.25) is 0 Å². The summed E-state index contributed by atoms with van der Waals surface area (Å²) >= 11 is 0. The van der Waals surface area contributed by atoms with Gasteiger partial charge in [0.1, 0.15) is 0 Å². The van der Waals surface area contributed by atoms with Crippen LogP contribution in [0.2, 0.25) is 0 Å². The summed E-state index contributed by atoms with van der Waals surface area (Å²) in [5.41, 5.74) is 0. The molecule has 34 heteroatoms. The molecule has 0 amide bonds. The Kier molecular flexibility index (Phi) is 29.1. The number of aliphatic hydroxyl groups is 2. The van der Waals surface area contributed by atoms with Gasteiger partial charge in [0, 0.05) is 0 Å². The van der Waals surface area contributed by atoms with Gasteiger partial charge in [0.05, 0.1) is 62.5 Å². The van der Waals surface area contributed by atoms with E-state index in [1.165, 1.54) is 0 Å². The Bertz CT molecular complexity index is 867. The van der Waals surface area contributed by atoms with Gasteiger partial charge in [-0.1, -0.05) is 0 Å². The highest BCUT2D eigenvalue weighted by Gasteiger charge is 2.23. The van der Waals surface area contributed by atoms with Gasteiger partial charge in [-0.05, 0) is 0 Å². The Labute approximate surface area is 248 Å². The predicted octanol–water partition coefficient (Wildman–Crippen LogP) is -3.66. The highest BCUT2D eigenvalue weighted by Crippen LogP contribution is 2.44. The Hall–Kier alpha value is 1.12. The van der Waals surface area contributed by atoms with Crippen LogP contribution in [0.3, 0.4) is 0 Å². The standard InChI is InChI=1S/4C2H8O6P2.C2H6O2/c4*3-9(4,5)1-2-10(6,7)8;3-1-2-4/h4*1-2H2,(H2,3,4,5)(H2,6,7,8);3-4H,1-2H2. The molecule has 0 aromatic rings. The predicted molar refractivity (Wildman–Crippen MR) is 149 cm³/mol. The van der Waals surface area contributed by atoms with E-state index in [1.807, 2.05) is 0 Å². The van der Waals surface area contributed by atoms with E-state index in [-0.39, 0.29) is 13.2 Å². The molecule has 44 heavy (non-hydrogen) atoms. The molecule has 0 radical (unpaired) electrons. The summed E-state index contributed by atoms with van der Waals surface area (Å²) in [5, 5.41) is 15.2. The SMILES string of the molecule is O=P(O)(O)CCP(=O)(O)O.O=P(O)(O)CCP(=O)(O)O.O=P(O)(O)CCP(=O)(O)O.O=P(O)(O)CCP(=O)(O)O.OCCO. The lowest BCUT2D eigenvalue weighted by Gasteiger charge is -2.03. The minimum Gasteiger partial charge on any atom is -0.394 e. The molecule has 0 saturated heterocycles. The minimum absolute atomic E-state index is 0.125. The first-order valence-corrected chi connectivity index (χ1v) is 24.7. The van der Waals surface area contributed by atoms with E-state index in [0.717, 1.165) is 0 Å². The summed E-state index contributed by atoms with van der Waals surface area (Å²) < 4.78 is 80.2. The van der Waals surface area contributed by atoms with E-state index in [0.29, 0.717) is 0 Å². The Morgan fingerprint density at radius 3 is 0.318 bits per heavy atom. The van der Waals surface area contributed by atoms with Crippen molar-refractivity contribution >= 4 is 60.8 Å². The monoisotopic (exact) mass is 822 g/mol. The van der Waals surface area contributed by atoms with Crippen molar-refractivity contribution in [3.8, 4) is 0 Å². The van der Waals surface area contributed by atoms with E-state index in [4.69, 9.17) is 88.5 Å². The molecule has 0 saturated carbocycles. The van der Waals surface area contributed by atoms with E-state index >= 15 is 0 Å². The molecule has 0 bridgehead atoms. The fourth-order valence-corrected chi connectivity index (χ4v) is 9.38. The molecule has 0 aromatic carbocycles. The quantitative estimate of drug-likeness (QED) is 0.0796. The van der Waals surface area contributed by atoms with Crippen molar-refractivity contribution in [2.24, 2.45) is 0 Å². The van der Waals surface area contributed by atoms with Crippen LogP contribution in [0.5, 0.6) is 0 Å². The third-order valence-electron chi connectivity index (χ3n) is 2.83. The van der Waals surface area contributed by atoms with Gasteiger partial charge >= 0.3 is 60.8 Å². The molecule has 0 aromatic heterocycles. The molecule has 0 heterocycles. The van der Waals surface area contributed by atoms with Gasteiger partial charge < -0.3 is 88.5 Å². The van der Waals surface area contributed by atoms with E-state index in [9.17, 15) is 36.5 Å². The van der Waals surface area contributed by atoms with Crippen molar-refractivity contribution in [3.05, 3.63) is 0 Å². The summed E-state index contributed by atoms with van der Waals surface area (Å²) in [4.78, 5) is 130. The van der Waals surface area contributed by atoms with Crippen LogP contribution in [0.1, 0.15) is 0 Å². The molecule has 26 nitrogen and oxygen atoms in total. The van der Waals surface area contributed by atoms with Crippen LogP contribution in [0.4, 0.5) is 0 Å². The zero-order valence-corrected chi connectivity index (χ0v) is 29.1. The molecule has 0 rings (SSSR count). The average molecular weight is 822 g/mol. The number of hydrogen-bond donors (Lipinski definition) is 18. The smallest absolute Gasteiger partial charge is 0.326 e. The van der Waals surface area contributed by atoms with E-state index < -0.39 is 110 Å². The van der Waals surface area contributed by atoms with Gasteiger partial charge in [-0.3, -0.25) is 36.5 Å². The van der Waals surface area contributed by atoms with Crippen LogP contribution in [0.25, 0.3) is 0 Å². The molecule has 0 unspecified atom stereocenters. The largest absolute Gasteiger partial charge is 0.394 e. The van der Waals surface area contributed by atoms with E-state index in [2.05, 4.69) is 0 Å². The molecule has 274 valence electrons. The molecule has 0 aliphatic heterocycles. The van der Waals surface area contributed by atoms with Crippen molar-refractivity contribution in [1.82, 2.24) is 0 Å². The zero-order chi connectivity index (χ0) is 37.1. The summed E-state index contributed by atoms with van der Waals surface area (Å²) in [7, 11) is -34.0. The van der Waals surface area contributed by atoms with Gasteiger partial charge in [0.25, 0.3) is 0 Å². The summed E-state index contributed by atoms with van der Waals surface area (Å²) in [5.74, 6) is 0. The topological polar surface area (TPSA) is 501 Å². The fraction of sp³-hybridized carbons (Fsp3) is 1.00. The first kappa shape index (κ1) is 54.6. The molecule has 0 atom stereocenters. The maximum absolute atomic E-state index is 10.0. The lowest BCUT2D eigenvalue weighted by molar-refractivity contribution is 0.186. The van der Waals surface area contributed by atoms with Crippen molar-refractivity contribution < 1.29 is 125 Å².